The highest BCUT2D eigenvalue weighted by molar-refractivity contribution is 5.93. The highest BCUT2D eigenvalue weighted by Crippen LogP contribution is 1.99. The Kier molecular flexibility index (Phi) is 4.58. The second-order valence-electron chi connectivity index (χ2n) is 2.36. The molecule has 0 saturated heterocycles. The van der Waals surface area contributed by atoms with Crippen LogP contribution in [0, 0.1) is 0 Å². The summed E-state index contributed by atoms with van der Waals surface area (Å²) >= 11 is 0. The van der Waals surface area contributed by atoms with Crippen molar-refractivity contribution in [2.45, 2.75) is 20.8 Å². The second kappa shape index (κ2) is 5.18. The Balaban J connectivity index is 4.54. The molecule has 0 aromatic heterocycles. The van der Waals surface area contributed by atoms with E-state index in [0.29, 0.717) is 0 Å². The molecule has 0 aliphatic rings. The predicted molar refractivity (Wildman–Crippen MR) is 45.8 cm³/mol. The van der Waals surface area contributed by atoms with Gasteiger partial charge < -0.3 is 15.2 Å². The van der Waals surface area contributed by atoms with Gasteiger partial charge in [-0.3, -0.25) is 4.79 Å². The van der Waals surface area contributed by atoms with Crippen LogP contribution in [-0.2, 0) is 14.3 Å². The minimum Gasteiger partial charge on any atom is -0.510 e. The molecule has 74 valence electrons. The monoisotopic (exact) mass is 187 g/mol. The van der Waals surface area contributed by atoms with E-state index in [9.17, 15) is 9.59 Å². The first kappa shape index (κ1) is 11.5. The highest BCUT2D eigenvalue weighted by atomic mass is 16.5. The molecule has 0 aliphatic heterocycles. The van der Waals surface area contributed by atoms with Crippen LogP contribution in [0.3, 0.4) is 0 Å². The number of rotatable bonds is 3. The van der Waals surface area contributed by atoms with Crippen molar-refractivity contribution in [1.29, 1.82) is 0 Å². The molecule has 0 aliphatic carbocycles. The van der Waals surface area contributed by atoms with E-state index < -0.39 is 11.9 Å². The number of carbonyl (C=O) groups is 2. The van der Waals surface area contributed by atoms with E-state index in [4.69, 9.17) is 5.11 Å². The molecule has 0 fully saturated rings. The highest BCUT2D eigenvalue weighted by Gasteiger charge is 2.14. The molecular weight excluding hydrogens is 174 g/mol. The van der Waals surface area contributed by atoms with Crippen LogP contribution >= 0.6 is 0 Å². The molecule has 0 unspecified atom stereocenters. The Hall–Kier alpha value is -1.52. The van der Waals surface area contributed by atoms with Gasteiger partial charge >= 0.3 is 5.97 Å². The van der Waals surface area contributed by atoms with Crippen molar-refractivity contribution < 1.29 is 19.4 Å². The summed E-state index contributed by atoms with van der Waals surface area (Å²) in [6.07, 6.45) is 0. The minimum atomic E-state index is -0.738. The fourth-order valence-electron chi connectivity index (χ4n) is 0.668. The van der Waals surface area contributed by atoms with E-state index in [1.54, 1.807) is 6.92 Å². The van der Waals surface area contributed by atoms with E-state index in [2.05, 4.69) is 10.1 Å². The third-order valence-electron chi connectivity index (χ3n) is 1.14. The van der Waals surface area contributed by atoms with Gasteiger partial charge in [0.1, 0.15) is 5.76 Å². The molecule has 0 spiro atoms. The SMILES string of the molecule is CCOC(=O)/C(NC(C)=O)=C(\C)O. The van der Waals surface area contributed by atoms with Crippen LogP contribution in [0.1, 0.15) is 20.8 Å². The number of ether oxygens (including phenoxy) is 1. The molecule has 0 bridgehead atoms. The van der Waals surface area contributed by atoms with Crippen LogP contribution < -0.4 is 5.32 Å². The number of carbonyl (C=O) groups excluding carboxylic acids is 2. The first-order chi connectivity index (χ1) is 5.99. The molecule has 0 saturated carbocycles. The summed E-state index contributed by atoms with van der Waals surface area (Å²) in [5.74, 6) is -1.44. The maximum atomic E-state index is 11.1. The van der Waals surface area contributed by atoms with E-state index in [1.807, 2.05) is 0 Å². The van der Waals surface area contributed by atoms with Crippen LogP contribution in [0.2, 0.25) is 0 Å². The summed E-state index contributed by atoms with van der Waals surface area (Å²) in [5, 5.41) is 11.2. The Morgan fingerprint density at radius 1 is 1.38 bits per heavy atom. The fraction of sp³-hybridized carbons (Fsp3) is 0.500. The fourth-order valence-corrected chi connectivity index (χ4v) is 0.668. The predicted octanol–water partition coefficient (Wildman–Crippen LogP) is 0.475. The summed E-state index contributed by atoms with van der Waals surface area (Å²) in [4.78, 5) is 21.7. The van der Waals surface area contributed by atoms with Crippen molar-refractivity contribution >= 4 is 11.9 Å². The Morgan fingerprint density at radius 3 is 2.23 bits per heavy atom. The molecule has 0 atom stereocenters. The number of aliphatic hydroxyl groups is 1. The number of hydrogen-bond donors (Lipinski definition) is 2. The van der Waals surface area contributed by atoms with Crippen LogP contribution in [0.25, 0.3) is 0 Å². The average molecular weight is 187 g/mol. The molecule has 2 N–H and O–H groups in total. The topological polar surface area (TPSA) is 75.6 Å². The van der Waals surface area contributed by atoms with Crippen molar-refractivity contribution in [1.82, 2.24) is 5.32 Å². The van der Waals surface area contributed by atoms with Gasteiger partial charge in [-0.25, -0.2) is 4.79 Å². The van der Waals surface area contributed by atoms with Crippen LogP contribution in [-0.4, -0.2) is 23.6 Å². The Morgan fingerprint density at radius 2 is 1.92 bits per heavy atom. The van der Waals surface area contributed by atoms with E-state index in [-0.39, 0.29) is 18.1 Å². The lowest BCUT2D eigenvalue weighted by molar-refractivity contribution is -0.140. The first-order valence-corrected chi connectivity index (χ1v) is 3.83. The van der Waals surface area contributed by atoms with Crippen LogP contribution in [0.5, 0.6) is 0 Å². The van der Waals surface area contributed by atoms with Gasteiger partial charge in [0.25, 0.3) is 0 Å². The quantitative estimate of drug-likeness (QED) is 0.382. The lowest BCUT2D eigenvalue weighted by atomic mass is 10.3. The lowest BCUT2D eigenvalue weighted by Crippen LogP contribution is -2.27. The smallest absolute Gasteiger partial charge is 0.358 e. The summed E-state index contributed by atoms with van der Waals surface area (Å²) in [5.41, 5.74) is -0.214. The van der Waals surface area contributed by atoms with Gasteiger partial charge in [0.05, 0.1) is 6.61 Å². The van der Waals surface area contributed by atoms with Crippen molar-refractivity contribution in [2.24, 2.45) is 0 Å². The molecule has 13 heavy (non-hydrogen) atoms. The van der Waals surface area contributed by atoms with Crippen molar-refractivity contribution in [3.63, 3.8) is 0 Å². The number of amides is 1. The van der Waals surface area contributed by atoms with Gasteiger partial charge in [0, 0.05) is 6.92 Å². The Labute approximate surface area is 76.4 Å². The van der Waals surface area contributed by atoms with Crippen molar-refractivity contribution in [2.75, 3.05) is 6.61 Å². The number of allylic oxidation sites excluding steroid dienone is 1. The standard InChI is InChI=1S/C8H13NO4/c1-4-13-8(12)7(5(2)10)9-6(3)11/h10H,4H2,1-3H3,(H,9,11)/b7-5-. The average Bonchev–Trinajstić information content (AvgIpc) is 1.99. The largest absolute Gasteiger partial charge is 0.510 e. The van der Waals surface area contributed by atoms with Gasteiger partial charge in [-0.2, -0.15) is 0 Å². The molecule has 0 radical (unpaired) electrons. The lowest BCUT2D eigenvalue weighted by Gasteiger charge is -2.07. The number of hydrogen-bond acceptors (Lipinski definition) is 4. The maximum Gasteiger partial charge on any atom is 0.358 e. The van der Waals surface area contributed by atoms with Gasteiger partial charge in [0.15, 0.2) is 5.70 Å². The summed E-state index contributed by atoms with van der Waals surface area (Å²) < 4.78 is 4.59. The molecule has 0 aromatic rings. The van der Waals surface area contributed by atoms with Crippen LogP contribution in [0.4, 0.5) is 0 Å². The second-order valence-corrected chi connectivity index (χ2v) is 2.36. The van der Waals surface area contributed by atoms with Gasteiger partial charge in [-0.15, -0.1) is 0 Å². The van der Waals surface area contributed by atoms with E-state index in [0.717, 1.165) is 0 Å². The van der Waals surface area contributed by atoms with Crippen molar-refractivity contribution in [3.8, 4) is 0 Å². The summed E-state index contributed by atoms with van der Waals surface area (Å²) in [6, 6.07) is 0. The molecule has 5 nitrogen and oxygen atoms in total. The van der Waals surface area contributed by atoms with Crippen molar-refractivity contribution in [3.05, 3.63) is 11.5 Å². The third kappa shape index (κ3) is 4.15. The molecule has 0 rings (SSSR count). The zero-order valence-electron chi connectivity index (χ0n) is 7.88. The van der Waals surface area contributed by atoms with E-state index in [1.165, 1.54) is 13.8 Å². The summed E-state index contributed by atoms with van der Waals surface area (Å²) in [7, 11) is 0. The van der Waals surface area contributed by atoms with Gasteiger partial charge in [-0.1, -0.05) is 0 Å². The molecule has 0 aromatic carbocycles. The molecule has 0 heterocycles. The molecule has 1 amide bonds. The zero-order valence-corrected chi connectivity index (χ0v) is 7.88. The zero-order chi connectivity index (χ0) is 10.4. The third-order valence-corrected chi connectivity index (χ3v) is 1.14. The normalized spacial score (nSPS) is 11.6. The van der Waals surface area contributed by atoms with Gasteiger partial charge in [-0.05, 0) is 13.8 Å². The molecular formula is C8H13NO4. The number of esters is 1. The molecule has 5 heteroatoms. The summed E-state index contributed by atoms with van der Waals surface area (Å²) in [6.45, 7) is 4.36. The first-order valence-electron chi connectivity index (χ1n) is 3.83. The Bertz CT molecular complexity index is 241. The van der Waals surface area contributed by atoms with Gasteiger partial charge in [0.2, 0.25) is 5.91 Å². The number of aliphatic hydroxyl groups excluding tert-OH is 1. The minimum absolute atomic E-state index is 0.190. The van der Waals surface area contributed by atoms with Crippen LogP contribution in [0.15, 0.2) is 11.5 Å². The maximum absolute atomic E-state index is 11.1. The number of nitrogens with one attached hydrogen (secondary N) is 1. The van der Waals surface area contributed by atoms with E-state index >= 15 is 0 Å².